The summed E-state index contributed by atoms with van der Waals surface area (Å²) in [5.41, 5.74) is 0. The summed E-state index contributed by atoms with van der Waals surface area (Å²) in [6.45, 7) is 4.41. The zero-order valence-electron chi connectivity index (χ0n) is 21.3. The Bertz CT molecular complexity index is 591. The van der Waals surface area contributed by atoms with Gasteiger partial charge in [0.05, 0.1) is 17.9 Å². The van der Waals surface area contributed by atoms with Crippen molar-refractivity contribution in [3.05, 3.63) is 12.2 Å². The molecule has 0 bridgehead atoms. The van der Waals surface area contributed by atoms with E-state index in [1.807, 2.05) is 6.08 Å². The van der Waals surface area contributed by atoms with Gasteiger partial charge in [-0.3, -0.25) is 9.35 Å². The van der Waals surface area contributed by atoms with Crippen LogP contribution >= 0.6 is 0 Å². The molecule has 0 aromatic heterocycles. The van der Waals surface area contributed by atoms with Gasteiger partial charge < -0.3 is 10.4 Å². The molecule has 196 valence electrons. The average molecular weight is 490 g/mol. The summed E-state index contributed by atoms with van der Waals surface area (Å²) in [5, 5.41) is 13.0. The third-order valence-electron chi connectivity index (χ3n) is 5.96. The topological polar surface area (TPSA) is 104 Å². The van der Waals surface area contributed by atoms with Gasteiger partial charge in [-0.15, -0.1) is 0 Å². The molecular weight excluding hydrogens is 438 g/mol. The number of nitrogens with one attached hydrogen (secondary N) is 1. The van der Waals surface area contributed by atoms with Gasteiger partial charge in [0.15, 0.2) is 0 Å². The summed E-state index contributed by atoms with van der Waals surface area (Å²) in [6, 6.07) is -1.05. The first-order chi connectivity index (χ1) is 15.8. The minimum absolute atomic E-state index is 0.286. The summed E-state index contributed by atoms with van der Waals surface area (Å²) in [6.07, 6.45) is 22.1. The first kappa shape index (κ1) is 32.1. The van der Waals surface area contributed by atoms with E-state index in [4.69, 9.17) is 0 Å². The van der Waals surface area contributed by atoms with Crippen LogP contribution in [0.4, 0.5) is 0 Å². The number of unbranched alkanes of at least 4 members (excludes halogenated alkanes) is 15. The molecule has 0 aromatic carbocycles. The third-order valence-corrected chi connectivity index (χ3v) is 6.74. The Morgan fingerprint density at radius 3 is 1.73 bits per heavy atom. The SMILES string of the molecule is CCCCCCCCC/C=C/C(O)C(CS(=O)(=O)O)NC(=O)CCCCCCCCCCC. The van der Waals surface area contributed by atoms with E-state index in [1.54, 1.807) is 0 Å². The van der Waals surface area contributed by atoms with Gasteiger partial charge in [0.2, 0.25) is 5.91 Å². The van der Waals surface area contributed by atoms with Crippen LogP contribution in [-0.2, 0) is 14.9 Å². The van der Waals surface area contributed by atoms with Crippen LogP contribution in [0.25, 0.3) is 0 Å². The Morgan fingerprint density at radius 2 is 1.24 bits per heavy atom. The van der Waals surface area contributed by atoms with E-state index in [9.17, 15) is 22.9 Å². The summed E-state index contributed by atoms with van der Waals surface area (Å²) in [5.74, 6) is -0.981. The number of carbonyl (C=O) groups is 1. The Labute approximate surface area is 203 Å². The number of rotatable bonds is 23. The Kier molecular flexibility index (Phi) is 21.0. The average Bonchev–Trinajstić information content (AvgIpc) is 2.75. The van der Waals surface area contributed by atoms with Crippen LogP contribution in [0.3, 0.4) is 0 Å². The molecule has 1 amide bonds. The number of hydrogen-bond acceptors (Lipinski definition) is 4. The maximum Gasteiger partial charge on any atom is 0.267 e. The summed E-state index contributed by atoms with van der Waals surface area (Å²) >= 11 is 0. The van der Waals surface area contributed by atoms with E-state index in [1.165, 1.54) is 76.7 Å². The van der Waals surface area contributed by atoms with E-state index in [0.29, 0.717) is 6.42 Å². The third kappa shape index (κ3) is 22.6. The number of aliphatic hydroxyl groups is 1. The minimum Gasteiger partial charge on any atom is -0.387 e. The highest BCUT2D eigenvalue weighted by Gasteiger charge is 2.24. The van der Waals surface area contributed by atoms with Crippen molar-refractivity contribution in [2.24, 2.45) is 0 Å². The molecule has 2 atom stereocenters. The van der Waals surface area contributed by atoms with Crippen LogP contribution in [-0.4, -0.2) is 41.9 Å². The Hall–Kier alpha value is -0.920. The van der Waals surface area contributed by atoms with Crippen molar-refractivity contribution >= 4 is 16.0 Å². The van der Waals surface area contributed by atoms with Gasteiger partial charge in [-0.1, -0.05) is 116 Å². The second-order valence-electron chi connectivity index (χ2n) is 9.33. The van der Waals surface area contributed by atoms with Gasteiger partial charge in [-0.05, 0) is 19.3 Å². The van der Waals surface area contributed by atoms with Crippen LogP contribution in [0.15, 0.2) is 12.2 Å². The monoisotopic (exact) mass is 489 g/mol. The molecule has 6 nitrogen and oxygen atoms in total. The largest absolute Gasteiger partial charge is 0.387 e. The Balaban J connectivity index is 4.20. The number of aliphatic hydroxyl groups excluding tert-OH is 1. The van der Waals surface area contributed by atoms with Gasteiger partial charge in [0, 0.05) is 6.42 Å². The number of allylic oxidation sites excluding steroid dienone is 1. The van der Waals surface area contributed by atoms with E-state index in [-0.39, 0.29) is 5.91 Å². The Morgan fingerprint density at radius 1 is 0.788 bits per heavy atom. The van der Waals surface area contributed by atoms with Gasteiger partial charge in [0.25, 0.3) is 10.1 Å². The lowest BCUT2D eigenvalue weighted by molar-refractivity contribution is -0.122. The summed E-state index contributed by atoms with van der Waals surface area (Å²) in [4.78, 5) is 12.3. The van der Waals surface area contributed by atoms with Crippen molar-refractivity contribution in [1.82, 2.24) is 5.32 Å². The molecule has 0 saturated heterocycles. The molecule has 0 saturated carbocycles. The zero-order chi connectivity index (χ0) is 24.8. The van der Waals surface area contributed by atoms with Crippen LogP contribution in [0.5, 0.6) is 0 Å². The highest BCUT2D eigenvalue weighted by Crippen LogP contribution is 2.12. The molecule has 33 heavy (non-hydrogen) atoms. The van der Waals surface area contributed by atoms with Crippen LogP contribution < -0.4 is 5.32 Å². The first-order valence-electron chi connectivity index (χ1n) is 13.4. The second-order valence-corrected chi connectivity index (χ2v) is 10.8. The highest BCUT2D eigenvalue weighted by molar-refractivity contribution is 7.85. The van der Waals surface area contributed by atoms with E-state index < -0.39 is 28.0 Å². The molecule has 0 fully saturated rings. The van der Waals surface area contributed by atoms with Crippen molar-refractivity contribution in [2.75, 3.05) is 5.75 Å². The number of amides is 1. The van der Waals surface area contributed by atoms with Crippen LogP contribution in [0.1, 0.15) is 129 Å². The lowest BCUT2D eigenvalue weighted by atomic mass is 10.1. The maximum absolute atomic E-state index is 12.3. The van der Waals surface area contributed by atoms with E-state index in [0.717, 1.165) is 38.5 Å². The molecule has 0 aliphatic carbocycles. The smallest absolute Gasteiger partial charge is 0.267 e. The fraction of sp³-hybridized carbons (Fsp3) is 0.885. The molecule has 0 aromatic rings. The van der Waals surface area contributed by atoms with Crippen molar-refractivity contribution in [3.8, 4) is 0 Å². The fourth-order valence-corrected chi connectivity index (χ4v) is 4.65. The lowest BCUT2D eigenvalue weighted by Crippen LogP contribution is -2.46. The van der Waals surface area contributed by atoms with Crippen LogP contribution in [0, 0.1) is 0 Å². The predicted molar refractivity (Wildman–Crippen MR) is 138 cm³/mol. The van der Waals surface area contributed by atoms with Gasteiger partial charge >= 0.3 is 0 Å². The molecule has 0 heterocycles. The predicted octanol–water partition coefficient (Wildman–Crippen LogP) is 6.34. The molecule has 0 aliphatic heterocycles. The molecular formula is C26H51NO5S. The quantitative estimate of drug-likeness (QED) is 0.0883. The van der Waals surface area contributed by atoms with Crippen molar-refractivity contribution < 1.29 is 22.9 Å². The van der Waals surface area contributed by atoms with Crippen molar-refractivity contribution in [1.29, 1.82) is 0 Å². The second kappa shape index (κ2) is 21.6. The lowest BCUT2D eigenvalue weighted by Gasteiger charge is -2.21. The normalized spacial score (nSPS) is 13.9. The van der Waals surface area contributed by atoms with E-state index >= 15 is 0 Å². The standard InChI is InChI=1S/C26H51NO5S/c1-3-5-7-9-11-13-15-17-19-21-25(28)24(23-33(30,31)32)27-26(29)22-20-18-16-14-12-10-8-6-4-2/h19,21,24-25,28H,3-18,20,22-23H2,1-2H3,(H,27,29)(H,30,31,32)/b21-19+. The molecule has 7 heteroatoms. The van der Waals surface area contributed by atoms with Crippen molar-refractivity contribution in [2.45, 2.75) is 142 Å². The van der Waals surface area contributed by atoms with Gasteiger partial charge in [-0.25, -0.2) is 0 Å². The van der Waals surface area contributed by atoms with Gasteiger partial charge in [-0.2, -0.15) is 8.42 Å². The molecule has 3 N–H and O–H groups in total. The fourth-order valence-electron chi connectivity index (χ4n) is 3.92. The molecule has 2 unspecified atom stereocenters. The molecule has 0 radical (unpaired) electrons. The van der Waals surface area contributed by atoms with Crippen molar-refractivity contribution in [3.63, 3.8) is 0 Å². The summed E-state index contributed by atoms with van der Waals surface area (Å²) in [7, 11) is -4.32. The zero-order valence-corrected chi connectivity index (χ0v) is 22.1. The summed E-state index contributed by atoms with van der Waals surface area (Å²) < 4.78 is 31.9. The number of carbonyl (C=O) groups excluding carboxylic acids is 1. The number of hydrogen-bond donors (Lipinski definition) is 3. The molecule has 0 rings (SSSR count). The molecule has 0 aliphatic rings. The highest BCUT2D eigenvalue weighted by atomic mass is 32.2. The maximum atomic E-state index is 12.3. The van der Waals surface area contributed by atoms with E-state index in [2.05, 4.69) is 19.2 Å². The minimum atomic E-state index is -4.32. The molecule has 0 spiro atoms. The van der Waals surface area contributed by atoms with Crippen LogP contribution in [0.2, 0.25) is 0 Å². The first-order valence-corrected chi connectivity index (χ1v) is 15.0. The van der Waals surface area contributed by atoms with Gasteiger partial charge in [0.1, 0.15) is 0 Å².